The highest BCUT2D eigenvalue weighted by molar-refractivity contribution is 9.10. The molecular weight excluding hydrogens is 378 g/mol. The van der Waals surface area contributed by atoms with Gasteiger partial charge in [-0.05, 0) is 40.8 Å². The molecule has 4 nitrogen and oxygen atoms in total. The molecule has 0 aromatic heterocycles. The van der Waals surface area contributed by atoms with Crippen LogP contribution in [0.4, 0.5) is 8.78 Å². The lowest BCUT2D eigenvalue weighted by Gasteiger charge is -2.12. The maximum Gasteiger partial charge on any atom is 0.243 e. The molecular formula is C11H14BrClF2N2O2S. The summed E-state index contributed by atoms with van der Waals surface area (Å²) in [4.78, 5) is -0.594. The molecule has 2 rings (SSSR count). The molecule has 1 aliphatic rings. The van der Waals surface area contributed by atoms with Gasteiger partial charge in [0.05, 0.1) is 4.47 Å². The van der Waals surface area contributed by atoms with Gasteiger partial charge >= 0.3 is 0 Å². The maximum absolute atomic E-state index is 13.5. The lowest BCUT2D eigenvalue weighted by Crippen LogP contribution is -2.38. The summed E-state index contributed by atoms with van der Waals surface area (Å²) in [7, 11) is -4.03. The highest BCUT2D eigenvalue weighted by Crippen LogP contribution is 2.31. The van der Waals surface area contributed by atoms with Gasteiger partial charge < -0.3 is 5.73 Å². The molecule has 0 aliphatic heterocycles. The molecule has 20 heavy (non-hydrogen) atoms. The van der Waals surface area contributed by atoms with Crippen molar-refractivity contribution in [3.05, 3.63) is 28.2 Å². The van der Waals surface area contributed by atoms with Crippen LogP contribution in [0.15, 0.2) is 21.5 Å². The second kappa shape index (κ2) is 6.65. The number of halogens is 4. The fraction of sp³-hybridized carbons (Fsp3) is 0.455. The second-order valence-corrected chi connectivity index (χ2v) is 7.14. The van der Waals surface area contributed by atoms with Gasteiger partial charge in [0, 0.05) is 18.7 Å². The lowest BCUT2D eigenvalue weighted by atomic mass is 10.2. The van der Waals surface area contributed by atoms with E-state index in [1.54, 1.807) is 0 Å². The number of sulfonamides is 1. The Kier molecular flexibility index (Phi) is 5.91. The molecule has 1 aliphatic carbocycles. The predicted octanol–water partition coefficient (Wildman–Crippen LogP) is 2.16. The molecule has 0 radical (unpaired) electrons. The Labute approximate surface area is 130 Å². The van der Waals surface area contributed by atoms with E-state index in [0.717, 1.165) is 18.9 Å². The van der Waals surface area contributed by atoms with Crippen molar-refractivity contribution in [2.75, 3.05) is 6.54 Å². The molecule has 0 bridgehead atoms. The van der Waals surface area contributed by atoms with E-state index >= 15 is 0 Å². The molecule has 0 heterocycles. The van der Waals surface area contributed by atoms with Crippen LogP contribution in [-0.2, 0) is 10.0 Å². The van der Waals surface area contributed by atoms with Crippen LogP contribution >= 0.6 is 28.3 Å². The Morgan fingerprint density at radius 3 is 2.50 bits per heavy atom. The number of hydrogen-bond donors (Lipinski definition) is 2. The first kappa shape index (κ1) is 17.8. The molecule has 0 saturated heterocycles. The molecule has 1 unspecified atom stereocenters. The minimum absolute atomic E-state index is 0. The van der Waals surface area contributed by atoms with Gasteiger partial charge in [-0.15, -0.1) is 12.4 Å². The van der Waals surface area contributed by atoms with Crippen molar-refractivity contribution in [3.8, 4) is 0 Å². The van der Waals surface area contributed by atoms with Crippen molar-refractivity contribution >= 4 is 38.4 Å². The lowest BCUT2D eigenvalue weighted by molar-refractivity contribution is 0.528. The van der Waals surface area contributed by atoms with Crippen molar-refractivity contribution in [2.45, 2.75) is 23.8 Å². The topological polar surface area (TPSA) is 72.2 Å². The van der Waals surface area contributed by atoms with Crippen molar-refractivity contribution in [3.63, 3.8) is 0 Å². The maximum atomic E-state index is 13.5. The Morgan fingerprint density at radius 1 is 1.35 bits per heavy atom. The molecule has 1 aromatic rings. The highest BCUT2D eigenvalue weighted by atomic mass is 79.9. The number of rotatable bonds is 5. The molecule has 1 aromatic carbocycles. The minimum Gasteiger partial charge on any atom is -0.326 e. The third-order valence-electron chi connectivity index (χ3n) is 3.00. The van der Waals surface area contributed by atoms with Crippen LogP contribution in [0, 0.1) is 17.6 Å². The zero-order valence-electron chi connectivity index (χ0n) is 10.3. The smallest absolute Gasteiger partial charge is 0.243 e. The fourth-order valence-electron chi connectivity index (χ4n) is 1.68. The summed E-state index contributed by atoms with van der Waals surface area (Å²) < 4.78 is 52.5. The summed E-state index contributed by atoms with van der Waals surface area (Å²) in [6.45, 7) is 0.0431. The van der Waals surface area contributed by atoms with Gasteiger partial charge in [-0.2, -0.15) is 0 Å². The van der Waals surface area contributed by atoms with Crippen molar-refractivity contribution in [1.82, 2.24) is 4.72 Å². The van der Waals surface area contributed by atoms with Crippen LogP contribution < -0.4 is 10.5 Å². The third kappa shape index (κ3) is 4.11. The Morgan fingerprint density at radius 2 is 1.95 bits per heavy atom. The molecule has 9 heteroatoms. The molecule has 114 valence electrons. The van der Waals surface area contributed by atoms with Crippen molar-refractivity contribution in [1.29, 1.82) is 0 Å². The molecule has 1 atom stereocenters. The Balaban J connectivity index is 0.00000200. The van der Waals surface area contributed by atoms with E-state index in [2.05, 4.69) is 20.7 Å². The number of nitrogens with one attached hydrogen (secondary N) is 1. The van der Waals surface area contributed by atoms with E-state index in [-0.39, 0.29) is 29.5 Å². The van der Waals surface area contributed by atoms with Crippen molar-refractivity contribution in [2.24, 2.45) is 11.7 Å². The quantitative estimate of drug-likeness (QED) is 0.756. The summed E-state index contributed by atoms with van der Waals surface area (Å²) in [5.74, 6) is -1.66. The van der Waals surface area contributed by atoms with Crippen molar-refractivity contribution < 1.29 is 17.2 Å². The first-order valence-corrected chi connectivity index (χ1v) is 7.98. The van der Waals surface area contributed by atoms with Crippen LogP contribution in [0.1, 0.15) is 12.8 Å². The van der Waals surface area contributed by atoms with Crippen LogP contribution in [-0.4, -0.2) is 21.0 Å². The normalized spacial score (nSPS) is 16.6. The Hall–Kier alpha value is -0.280. The first-order chi connectivity index (χ1) is 8.81. The fourth-order valence-corrected chi connectivity index (χ4v) is 3.34. The predicted molar refractivity (Wildman–Crippen MR) is 77.2 cm³/mol. The van der Waals surface area contributed by atoms with Gasteiger partial charge in [-0.1, -0.05) is 0 Å². The van der Waals surface area contributed by atoms with E-state index in [1.165, 1.54) is 0 Å². The number of hydrogen-bond acceptors (Lipinski definition) is 3. The van der Waals surface area contributed by atoms with Gasteiger partial charge in [0.2, 0.25) is 10.0 Å². The average molecular weight is 392 g/mol. The summed E-state index contributed by atoms with van der Waals surface area (Å²) in [6.07, 6.45) is 1.97. The molecule has 1 fully saturated rings. The van der Waals surface area contributed by atoms with Crippen LogP contribution in [0.2, 0.25) is 0 Å². The van der Waals surface area contributed by atoms with Crippen LogP contribution in [0.25, 0.3) is 0 Å². The van der Waals surface area contributed by atoms with Gasteiger partial charge in [0.1, 0.15) is 16.5 Å². The molecule has 0 amide bonds. The van der Waals surface area contributed by atoms with E-state index in [9.17, 15) is 17.2 Å². The standard InChI is InChI=1S/C11H13BrF2N2O2S.ClH/c12-7-3-11(9(14)4-8(7)13)19(17,18)16-5-10(15)6-1-2-6;/h3-4,6,10,16H,1-2,5,15H2;1H. The van der Waals surface area contributed by atoms with Gasteiger partial charge in [-0.25, -0.2) is 21.9 Å². The monoisotopic (exact) mass is 390 g/mol. The Bertz CT molecular complexity index is 596. The SMILES string of the molecule is Cl.NC(CNS(=O)(=O)c1cc(Br)c(F)cc1F)C1CC1. The van der Waals surface area contributed by atoms with Gasteiger partial charge in [-0.3, -0.25) is 0 Å². The van der Waals surface area contributed by atoms with E-state index in [0.29, 0.717) is 12.0 Å². The van der Waals surface area contributed by atoms with E-state index in [4.69, 9.17) is 5.73 Å². The van der Waals surface area contributed by atoms with Gasteiger partial charge in [0.15, 0.2) is 0 Å². The largest absolute Gasteiger partial charge is 0.326 e. The summed E-state index contributed by atoms with van der Waals surface area (Å²) in [5.41, 5.74) is 5.77. The van der Waals surface area contributed by atoms with E-state index < -0.39 is 26.6 Å². The zero-order chi connectivity index (χ0) is 14.2. The second-order valence-electron chi connectivity index (χ2n) is 4.55. The minimum atomic E-state index is -4.03. The molecule has 1 saturated carbocycles. The average Bonchev–Trinajstić information content (AvgIpc) is 3.14. The van der Waals surface area contributed by atoms with Crippen LogP contribution in [0.3, 0.4) is 0 Å². The summed E-state index contributed by atoms with van der Waals surface area (Å²) in [5, 5.41) is 0. The summed E-state index contributed by atoms with van der Waals surface area (Å²) in [6, 6.07) is 1.15. The first-order valence-electron chi connectivity index (χ1n) is 5.71. The van der Waals surface area contributed by atoms with E-state index in [1.807, 2.05) is 0 Å². The summed E-state index contributed by atoms with van der Waals surface area (Å²) >= 11 is 2.83. The highest BCUT2D eigenvalue weighted by Gasteiger charge is 2.30. The zero-order valence-corrected chi connectivity index (χ0v) is 13.5. The molecule has 3 N–H and O–H groups in total. The van der Waals surface area contributed by atoms with Crippen LogP contribution in [0.5, 0.6) is 0 Å². The number of benzene rings is 1. The third-order valence-corrected chi connectivity index (χ3v) is 5.05. The number of nitrogens with two attached hydrogens (primary N) is 1. The van der Waals surface area contributed by atoms with Gasteiger partial charge in [0.25, 0.3) is 0 Å². The molecule has 0 spiro atoms.